The Morgan fingerprint density at radius 3 is 2.20 bits per heavy atom. The molecule has 13 heteroatoms. The van der Waals surface area contributed by atoms with E-state index in [1.54, 1.807) is 68.7 Å². The zero-order valence-electron chi connectivity index (χ0n) is 29.1. The minimum atomic E-state index is -3.87. The SMILES string of the molecule is CCOC(OC1=CC(OCc2ccncc2)=C(C)N(c2cc(C)cc(S(C)(=O)=O)c2)C1C)(Oc1ccccc1)c1ncc(C)cc1S(C)(=O)=O. The first kappa shape index (κ1) is 36.6. The van der Waals surface area contributed by atoms with Crippen LogP contribution in [0, 0.1) is 13.8 Å². The minimum absolute atomic E-state index is 0.0484. The summed E-state index contributed by atoms with van der Waals surface area (Å²) in [6, 6.07) is 18.4. The van der Waals surface area contributed by atoms with Gasteiger partial charge in [-0.25, -0.2) is 21.8 Å². The van der Waals surface area contributed by atoms with Crippen molar-refractivity contribution in [1.82, 2.24) is 9.97 Å². The van der Waals surface area contributed by atoms with Gasteiger partial charge in [0.2, 0.25) is 0 Å². The van der Waals surface area contributed by atoms with Crippen LogP contribution in [0.15, 0.2) is 118 Å². The molecule has 11 nitrogen and oxygen atoms in total. The summed E-state index contributed by atoms with van der Waals surface area (Å²) < 4.78 is 77.9. The fourth-order valence-electron chi connectivity index (χ4n) is 5.58. The maximum Gasteiger partial charge on any atom is 0.420 e. The van der Waals surface area contributed by atoms with Crippen molar-refractivity contribution in [1.29, 1.82) is 0 Å². The van der Waals surface area contributed by atoms with Crippen LogP contribution in [0.3, 0.4) is 0 Å². The highest BCUT2D eigenvalue weighted by atomic mass is 32.2. The zero-order chi connectivity index (χ0) is 36.3. The number of anilines is 1. The largest absolute Gasteiger partial charge is 0.487 e. The van der Waals surface area contributed by atoms with Gasteiger partial charge in [0.15, 0.2) is 25.4 Å². The Morgan fingerprint density at radius 1 is 0.860 bits per heavy atom. The molecule has 1 aliphatic heterocycles. The Bertz CT molecular complexity index is 2140. The Labute approximate surface area is 294 Å². The number of ether oxygens (including phenoxy) is 4. The van der Waals surface area contributed by atoms with Gasteiger partial charge in [0.1, 0.15) is 23.9 Å². The molecule has 0 N–H and O–H groups in total. The van der Waals surface area contributed by atoms with Crippen molar-refractivity contribution in [2.24, 2.45) is 0 Å². The third-order valence-electron chi connectivity index (χ3n) is 7.94. The second kappa shape index (κ2) is 14.6. The molecule has 1 aliphatic rings. The van der Waals surface area contributed by atoms with Crippen LogP contribution in [0.25, 0.3) is 0 Å². The molecule has 2 atom stereocenters. The first-order chi connectivity index (χ1) is 23.6. The van der Waals surface area contributed by atoms with Crippen LogP contribution < -0.4 is 9.64 Å². The summed E-state index contributed by atoms with van der Waals surface area (Å²) in [7, 11) is -7.42. The quantitative estimate of drug-likeness (QED) is 0.143. The fraction of sp³-hybridized carbons (Fsp3) is 0.297. The van der Waals surface area contributed by atoms with Crippen LogP contribution in [-0.4, -0.2) is 52.0 Å². The summed E-state index contributed by atoms with van der Waals surface area (Å²) in [4.78, 5) is 10.6. The number of rotatable bonds is 13. The minimum Gasteiger partial charge on any atom is -0.487 e. The van der Waals surface area contributed by atoms with Gasteiger partial charge in [0, 0.05) is 42.9 Å². The van der Waals surface area contributed by atoms with Crippen LogP contribution in [-0.2, 0) is 46.5 Å². The molecule has 3 heterocycles. The van der Waals surface area contributed by atoms with Gasteiger partial charge in [0.25, 0.3) is 0 Å². The molecule has 2 aromatic carbocycles. The molecule has 0 fully saturated rings. The van der Waals surface area contributed by atoms with E-state index in [0.29, 0.717) is 28.5 Å². The van der Waals surface area contributed by atoms with Crippen molar-refractivity contribution in [2.75, 3.05) is 24.0 Å². The van der Waals surface area contributed by atoms with E-state index in [-0.39, 0.29) is 34.5 Å². The molecule has 0 radical (unpaired) electrons. The number of nitrogens with zero attached hydrogens (tertiary/aromatic N) is 3. The molecule has 0 amide bonds. The highest BCUT2D eigenvalue weighted by Crippen LogP contribution is 2.41. The number of hydrogen-bond acceptors (Lipinski definition) is 11. The molecule has 264 valence electrons. The fourth-order valence-corrected chi connectivity index (χ4v) is 7.24. The van der Waals surface area contributed by atoms with E-state index in [4.69, 9.17) is 18.9 Å². The number of pyridine rings is 2. The molecule has 0 bridgehead atoms. The molecular formula is C37H41N3O8S2. The van der Waals surface area contributed by atoms with Gasteiger partial charge >= 0.3 is 5.97 Å². The molecule has 4 aromatic rings. The number of allylic oxidation sites excluding steroid dienone is 2. The number of benzene rings is 2. The zero-order valence-corrected chi connectivity index (χ0v) is 30.7. The lowest BCUT2D eigenvalue weighted by Crippen LogP contribution is -2.45. The van der Waals surface area contributed by atoms with Gasteiger partial charge in [-0.15, -0.1) is 0 Å². The van der Waals surface area contributed by atoms with Crippen molar-refractivity contribution in [3.63, 3.8) is 0 Å². The molecule has 50 heavy (non-hydrogen) atoms. The van der Waals surface area contributed by atoms with E-state index in [1.807, 2.05) is 49.9 Å². The molecule has 0 aliphatic carbocycles. The van der Waals surface area contributed by atoms with E-state index in [1.165, 1.54) is 12.3 Å². The Morgan fingerprint density at radius 2 is 1.56 bits per heavy atom. The number of hydrogen-bond donors (Lipinski definition) is 0. The lowest BCUT2D eigenvalue weighted by atomic mass is 10.1. The predicted octanol–water partition coefficient (Wildman–Crippen LogP) is 6.38. The number of para-hydroxylation sites is 1. The van der Waals surface area contributed by atoms with E-state index in [9.17, 15) is 16.8 Å². The highest BCUT2D eigenvalue weighted by Gasteiger charge is 2.47. The van der Waals surface area contributed by atoms with Crippen LogP contribution >= 0.6 is 0 Å². The molecule has 0 spiro atoms. The monoisotopic (exact) mass is 719 g/mol. The maximum absolute atomic E-state index is 13.3. The molecular weight excluding hydrogens is 679 g/mol. The van der Waals surface area contributed by atoms with Gasteiger partial charge in [0.05, 0.1) is 28.1 Å². The standard InChI is InChI=1S/C37H41N3O8S2/c1-8-46-37(47-31-12-10-9-11-13-31,36-35(50(7,43)44)20-26(3)23-39-36)48-34-22-33(45-24-29-14-16-38-17-15-29)27(4)40(28(34)5)30-18-25(2)19-32(21-30)49(6,41)42/h9-23,28H,8,24H2,1-7H3. The lowest BCUT2D eigenvalue weighted by molar-refractivity contribution is -0.343. The predicted molar refractivity (Wildman–Crippen MR) is 190 cm³/mol. The smallest absolute Gasteiger partial charge is 0.420 e. The summed E-state index contributed by atoms with van der Waals surface area (Å²) in [5.41, 5.74) is 3.37. The molecule has 0 saturated heterocycles. The summed E-state index contributed by atoms with van der Waals surface area (Å²) in [6.07, 6.45) is 8.82. The summed E-state index contributed by atoms with van der Waals surface area (Å²) in [5.74, 6) is -1.17. The first-order valence-electron chi connectivity index (χ1n) is 15.9. The number of sulfone groups is 2. The third-order valence-corrected chi connectivity index (χ3v) is 10.1. The highest BCUT2D eigenvalue weighted by molar-refractivity contribution is 7.91. The Kier molecular flexibility index (Phi) is 10.7. The first-order valence-corrected chi connectivity index (χ1v) is 19.7. The summed E-state index contributed by atoms with van der Waals surface area (Å²) in [5, 5.41) is 0. The van der Waals surface area contributed by atoms with E-state index >= 15 is 0 Å². The average Bonchev–Trinajstić information content (AvgIpc) is 3.05. The molecule has 0 saturated carbocycles. The Balaban J connectivity index is 1.72. The van der Waals surface area contributed by atoms with E-state index in [2.05, 4.69) is 9.97 Å². The number of aryl methyl sites for hydroxylation is 2. The second-order valence-electron chi connectivity index (χ2n) is 12.1. The van der Waals surface area contributed by atoms with Crippen LogP contribution in [0.4, 0.5) is 5.69 Å². The van der Waals surface area contributed by atoms with Crippen molar-refractivity contribution < 1.29 is 35.8 Å². The second-order valence-corrected chi connectivity index (χ2v) is 16.1. The number of aromatic nitrogens is 2. The average molecular weight is 720 g/mol. The summed E-state index contributed by atoms with van der Waals surface area (Å²) >= 11 is 0. The van der Waals surface area contributed by atoms with Gasteiger partial charge in [-0.2, -0.15) is 0 Å². The van der Waals surface area contributed by atoms with Gasteiger partial charge < -0.3 is 23.8 Å². The normalized spacial score (nSPS) is 16.4. The van der Waals surface area contributed by atoms with E-state index in [0.717, 1.165) is 23.6 Å². The lowest BCUT2D eigenvalue weighted by Gasteiger charge is -2.41. The van der Waals surface area contributed by atoms with Crippen molar-refractivity contribution in [3.05, 3.63) is 131 Å². The summed E-state index contributed by atoms with van der Waals surface area (Å²) in [6.45, 7) is 9.28. The van der Waals surface area contributed by atoms with Crippen LogP contribution in [0.1, 0.15) is 43.2 Å². The Hall–Kier alpha value is -4.72. The van der Waals surface area contributed by atoms with E-state index < -0.39 is 31.7 Å². The molecule has 5 rings (SSSR count). The van der Waals surface area contributed by atoms with Crippen LogP contribution in [0.2, 0.25) is 0 Å². The van der Waals surface area contributed by atoms with Crippen molar-refractivity contribution in [2.45, 2.75) is 63.0 Å². The topological polar surface area (TPSA) is 134 Å². The molecule has 2 aromatic heterocycles. The molecule has 2 unspecified atom stereocenters. The third kappa shape index (κ3) is 8.18. The van der Waals surface area contributed by atoms with Crippen LogP contribution in [0.5, 0.6) is 5.75 Å². The van der Waals surface area contributed by atoms with Gasteiger partial charge in [-0.05, 0) is 99.8 Å². The van der Waals surface area contributed by atoms with Gasteiger partial charge in [-0.1, -0.05) is 18.2 Å². The van der Waals surface area contributed by atoms with Crippen molar-refractivity contribution >= 4 is 25.4 Å². The maximum atomic E-state index is 13.3. The van der Waals surface area contributed by atoms with Crippen molar-refractivity contribution in [3.8, 4) is 5.75 Å². The van der Waals surface area contributed by atoms with Gasteiger partial charge in [-0.3, -0.25) is 4.98 Å².